The van der Waals surface area contributed by atoms with Crippen molar-refractivity contribution in [2.24, 2.45) is 0 Å². The first-order valence-corrected chi connectivity index (χ1v) is 6.74. The van der Waals surface area contributed by atoms with Gasteiger partial charge < -0.3 is 10.2 Å². The minimum Gasteiger partial charge on any atom is -0.368 e. The van der Waals surface area contributed by atoms with Crippen LogP contribution in [0.2, 0.25) is 5.15 Å². The highest BCUT2D eigenvalue weighted by Gasteiger charge is 2.38. The van der Waals surface area contributed by atoms with Gasteiger partial charge >= 0.3 is 0 Å². The van der Waals surface area contributed by atoms with E-state index in [1.807, 2.05) is 13.8 Å². The number of hydrogen-bond donors (Lipinski definition) is 1. The van der Waals surface area contributed by atoms with Crippen LogP contribution in [0.15, 0.2) is 0 Å². The second-order valence-electron chi connectivity index (χ2n) is 5.36. The minimum atomic E-state index is 0.276. The number of halogens is 1. The third-order valence-corrected chi connectivity index (χ3v) is 4.38. The first-order valence-electron chi connectivity index (χ1n) is 6.37. The van der Waals surface area contributed by atoms with Crippen LogP contribution < -0.4 is 5.32 Å². The summed E-state index contributed by atoms with van der Waals surface area (Å²) in [6.45, 7) is 4.72. The molecule has 0 spiro atoms. The van der Waals surface area contributed by atoms with Gasteiger partial charge in [0.05, 0.1) is 0 Å². The highest BCUT2D eigenvalue weighted by atomic mass is 35.5. The van der Waals surface area contributed by atoms with Gasteiger partial charge in [0.1, 0.15) is 16.8 Å². The Morgan fingerprint density at radius 2 is 1.94 bits per heavy atom. The number of hydrogen-bond acceptors (Lipinski definition) is 4. The SMILES string of the molecule is Cc1nc(Cl)c(C)c(NCC2(N(C)C)CCC2)n1. The monoisotopic (exact) mass is 268 g/mol. The predicted molar refractivity (Wildman–Crippen MR) is 75.3 cm³/mol. The number of anilines is 1. The topological polar surface area (TPSA) is 41.1 Å². The second-order valence-corrected chi connectivity index (χ2v) is 5.72. The Balaban J connectivity index is 2.11. The van der Waals surface area contributed by atoms with Crippen LogP contribution in [-0.2, 0) is 0 Å². The molecule has 0 radical (unpaired) electrons. The molecule has 0 bridgehead atoms. The van der Waals surface area contributed by atoms with E-state index in [-0.39, 0.29) is 5.54 Å². The van der Waals surface area contributed by atoms with E-state index in [0.29, 0.717) is 11.0 Å². The van der Waals surface area contributed by atoms with Gasteiger partial charge in [0, 0.05) is 17.6 Å². The van der Waals surface area contributed by atoms with Crippen LogP contribution in [0.1, 0.15) is 30.7 Å². The van der Waals surface area contributed by atoms with Gasteiger partial charge in [-0.15, -0.1) is 0 Å². The third kappa shape index (κ3) is 2.45. The average Bonchev–Trinajstić information content (AvgIpc) is 2.22. The molecule has 18 heavy (non-hydrogen) atoms. The van der Waals surface area contributed by atoms with Crippen LogP contribution in [0.5, 0.6) is 0 Å². The summed E-state index contributed by atoms with van der Waals surface area (Å²) < 4.78 is 0. The Morgan fingerprint density at radius 3 is 2.44 bits per heavy atom. The third-order valence-electron chi connectivity index (χ3n) is 4.02. The Hall–Kier alpha value is -0.870. The molecule has 0 unspecified atom stereocenters. The lowest BCUT2D eigenvalue weighted by Gasteiger charge is -2.47. The fourth-order valence-corrected chi connectivity index (χ4v) is 2.59. The molecule has 5 heteroatoms. The average molecular weight is 269 g/mol. The maximum atomic E-state index is 6.08. The molecular weight excluding hydrogens is 248 g/mol. The normalized spacial score (nSPS) is 17.7. The predicted octanol–water partition coefficient (Wildman–Crippen LogP) is 2.64. The Bertz CT molecular complexity index is 441. The van der Waals surface area contributed by atoms with Crippen molar-refractivity contribution in [2.45, 2.75) is 38.6 Å². The second kappa shape index (κ2) is 5.02. The van der Waals surface area contributed by atoms with Crippen molar-refractivity contribution < 1.29 is 0 Å². The summed E-state index contributed by atoms with van der Waals surface area (Å²) in [4.78, 5) is 10.9. The summed E-state index contributed by atoms with van der Waals surface area (Å²) >= 11 is 6.08. The zero-order chi connectivity index (χ0) is 13.3. The van der Waals surface area contributed by atoms with Gasteiger partial charge in [0.25, 0.3) is 0 Å². The van der Waals surface area contributed by atoms with Crippen molar-refractivity contribution >= 4 is 17.4 Å². The van der Waals surface area contributed by atoms with E-state index < -0.39 is 0 Å². The van der Waals surface area contributed by atoms with Gasteiger partial charge in [-0.25, -0.2) is 9.97 Å². The molecule has 1 aliphatic rings. The van der Waals surface area contributed by atoms with Crippen molar-refractivity contribution in [3.63, 3.8) is 0 Å². The molecule has 0 aliphatic heterocycles. The van der Waals surface area contributed by atoms with E-state index >= 15 is 0 Å². The molecular formula is C13H21ClN4. The maximum Gasteiger partial charge on any atom is 0.137 e. The highest BCUT2D eigenvalue weighted by Crippen LogP contribution is 2.36. The summed E-state index contributed by atoms with van der Waals surface area (Å²) in [6, 6.07) is 0. The Morgan fingerprint density at radius 1 is 1.28 bits per heavy atom. The summed E-state index contributed by atoms with van der Waals surface area (Å²) in [5, 5.41) is 3.98. The van der Waals surface area contributed by atoms with Gasteiger partial charge in [0.2, 0.25) is 0 Å². The highest BCUT2D eigenvalue weighted by molar-refractivity contribution is 6.30. The lowest BCUT2D eigenvalue weighted by Crippen LogP contribution is -2.54. The molecule has 1 saturated carbocycles. The van der Waals surface area contributed by atoms with E-state index in [2.05, 4.69) is 34.3 Å². The standard InChI is InChI=1S/C13H21ClN4/c1-9-11(14)16-10(2)17-12(9)15-8-13(18(3)4)6-5-7-13/h5-8H2,1-4H3,(H,15,16,17). The fraction of sp³-hybridized carbons (Fsp3) is 0.692. The van der Waals surface area contributed by atoms with Crippen LogP contribution >= 0.6 is 11.6 Å². The molecule has 1 aliphatic carbocycles. The van der Waals surface area contributed by atoms with Crippen LogP contribution in [0.25, 0.3) is 0 Å². The van der Waals surface area contributed by atoms with E-state index in [0.717, 1.165) is 17.9 Å². The van der Waals surface area contributed by atoms with Crippen molar-refractivity contribution in [3.8, 4) is 0 Å². The maximum absolute atomic E-state index is 6.08. The first kappa shape index (κ1) is 13.6. The first-order chi connectivity index (χ1) is 8.44. The molecule has 4 nitrogen and oxygen atoms in total. The summed E-state index contributed by atoms with van der Waals surface area (Å²) in [7, 11) is 4.29. The Kier molecular flexibility index (Phi) is 3.78. The molecule has 0 aromatic carbocycles. The largest absolute Gasteiger partial charge is 0.368 e. The number of rotatable bonds is 4. The zero-order valence-corrected chi connectivity index (χ0v) is 12.3. The summed E-state index contributed by atoms with van der Waals surface area (Å²) in [6.07, 6.45) is 3.79. The van der Waals surface area contributed by atoms with Crippen LogP contribution in [-0.4, -0.2) is 41.0 Å². The molecule has 1 fully saturated rings. The number of aryl methyl sites for hydroxylation is 1. The lowest BCUT2D eigenvalue weighted by atomic mass is 9.75. The smallest absolute Gasteiger partial charge is 0.137 e. The van der Waals surface area contributed by atoms with Crippen LogP contribution in [0, 0.1) is 13.8 Å². The molecule has 0 saturated heterocycles. The number of likely N-dealkylation sites (N-methyl/N-ethyl adjacent to an activating group) is 1. The fourth-order valence-electron chi connectivity index (χ4n) is 2.38. The molecule has 1 aromatic heterocycles. The zero-order valence-electron chi connectivity index (χ0n) is 11.5. The molecule has 0 amide bonds. The van der Waals surface area contributed by atoms with Gasteiger partial charge in [-0.1, -0.05) is 11.6 Å². The van der Waals surface area contributed by atoms with Crippen molar-refractivity contribution in [1.29, 1.82) is 0 Å². The van der Waals surface area contributed by atoms with Gasteiger partial charge in [-0.2, -0.15) is 0 Å². The quantitative estimate of drug-likeness (QED) is 0.853. The number of nitrogens with zero attached hydrogens (tertiary/aromatic N) is 3. The number of aromatic nitrogens is 2. The Labute approximate surface area is 114 Å². The van der Waals surface area contributed by atoms with Crippen LogP contribution in [0.3, 0.4) is 0 Å². The molecule has 100 valence electrons. The summed E-state index contributed by atoms with van der Waals surface area (Å²) in [5.74, 6) is 1.57. The van der Waals surface area contributed by atoms with E-state index in [9.17, 15) is 0 Å². The van der Waals surface area contributed by atoms with Crippen molar-refractivity contribution in [2.75, 3.05) is 26.0 Å². The van der Waals surface area contributed by atoms with Crippen molar-refractivity contribution in [1.82, 2.24) is 14.9 Å². The molecule has 1 N–H and O–H groups in total. The van der Waals surface area contributed by atoms with Crippen LogP contribution in [0.4, 0.5) is 5.82 Å². The van der Waals surface area contributed by atoms with Gasteiger partial charge in [0.15, 0.2) is 0 Å². The lowest BCUT2D eigenvalue weighted by molar-refractivity contribution is 0.0738. The van der Waals surface area contributed by atoms with Gasteiger partial charge in [-0.3, -0.25) is 0 Å². The number of nitrogens with one attached hydrogen (secondary N) is 1. The van der Waals surface area contributed by atoms with E-state index in [4.69, 9.17) is 11.6 Å². The van der Waals surface area contributed by atoms with Crippen molar-refractivity contribution in [3.05, 3.63) is 16.5 Å². The van der Waals surface area contributed by atoms with E-state index in [1.165, 1.54) is 19.3 Å². The molecule has 1 heterocycles. The van der Waals surface area contributed by atoms with Gasteiger partial charge in [-0.05, 0) is 47.2 Å². The molecule has 0 atom stereocenters. The summed E-state index contributed by atoms with van der Waals surface area (Å²) in [5.41, 5.74) is 1.20. The van der Waals surface area contributed by atoms with E-state index in [1.54, 1.807) is 0 Å². The minimum absolute atomic E-state index is 0.276. The molecule has 1 aromatic rings. The molecule has 2 rings (SSSR count).